The Labute approximate surface area is 186 Å². The summed E-state index contributed by atoms with van der Waals surface area (Å²) < 4.78 is 0. The average molecular weight is 419 g/mol. The molecule has 0 saturated carbocycles. The van der Waals surface area contributed by atoms with Gasteiger partial charge in [-0.15, -0.1) is 0 Å². The number of aliphatic hydroxyl groups is 1. The topological polar surface area (TPSA) is 20.2 Å². The normalized spacial score (nSPS) is 16.8. The molecule has 5 aromatic carbocycles. The fourth-order valence-corrected chi connectivity index (χ4v) is 5.09. The van der Waals surface area contributed by atoms with Gasteiger partial charge in [0.05, 0.1) is 0 Å². The molecule has 31 heavy (non-hydrogen) atoms. The van der Waals surface area contributed by atoms with Crippen LogP contribution in [0.1, 0.15) is 16.7 Å². The van der Waals surface area contributed by atoms with Crippen LogP contribution in [0.4, 0.5) is 0 Å². The highest BCUT2D eigenvalue weighted by atomic mass is 35.5. The molecular formula is C29H19ClO. The van der Waals surface area contributed by atoms with E-state index in [9.17, 15) is 5.11 Å². The highest BCUT2D eigenvalue weighted by molar-refractivity contribution is 6.30. The van der Waals surface area contributed by atoms with Crippen molar-refractivity contribution in [3.8, 4) is 22.3 Å². The zero-order valence-electron chi connectivity index (χ0n) is 16.7. The van der Waals surface area contributed by atoms with E-state index < -0.39 is 5.60 Å². The first-order chi connectivity index (χ1) is 15.2. The van der Waals surface area contributed by atoms with Crippen LogP contribution in [0.3, 0.4) is 0 Å². The van der Waals surface area contributed by atoms with Crippen molar-refractivity contribution in [2.24, 2.45) is 0 Å². The first-order valence-electron chi connectivity index (χ1n) is 10.4. The fraction of sp³-hybridized carbons (Fsp3) is 0.0345. The molecule has 0 amide bonds. The summed E-state index contributed by atoms with van der Waals surface area (Å²) in [5.41, 5.74) is 5.44. The van der Waals surface area contributed by atoms with Gasteiger partial charge >= 0.3 is 0 Å². The number of benzene rings is 5. The van der Waals surface area contributed by atoms with E-state index in [2.05, 4.69) is 42.5 Å². The number of halogens is 1. The Morgan fingerprint density at radius 2 is 1.16 bits per heavy atom. The molecule has 0 heterocycles. The minimum Gasteiger partial charge on any atom is -0.376 e. The summed E-state index contributed by atoms with van der Waals surface area (Å²) in [7, 11) is 0. The highest BCUT2D eigenvalue weighted by Gasteiger charge is 2.44. The van der Waals surface area contributed by atoms with E-state index in [0.29, 0.717) is 5.02 Å². The highest BCUT2D eigenvalue weighted by Crippen LogP contribution is 2.54. The molecule has 1 N–H and O–H groups in total. The van der Waals surface area contributed by atoms with Gasteiger partial charge in [0.25, 0.3) is 0 Å². The summed E-state index contributed by atoms with van der Waals surface area (Å²) in [5.74, 6) is 0. The maximum absolute atomic E-state index is 12.5. The van der Waals surface area contributed by atoms with Crippen molar-refractivity contribution in [2.45, 2.75) is 5.60 Å². The summed E-state index contributed by atoms with van der Waals surface area (Å²) >= 11 is 6.43. The standard InChI is InChI=1S/C29H19ClO/c30-22-14-15-24-25-16-20-10-4-5-11-21(20)17-27(25)29(31,28(24)18-22)26-13-7-6-12-23(26)19-8-2-1-3-9-19/h1-18,31H. The Hall–Kier alpha value is -3.39. The zero-order valence-corrected chi connectivity index (χ0v) is 17.5. The van der Waals surface area contributed by atoms with Gasteiger partial charge in [0.2, 0.25) is 0 Å². The lowest BCUT2D eigenvalue weighted by Crippen LogP contribution is -2.27. The van der Waals surface area contributed by atoms with Crippen LogP contribution in [-0.2, 0) is 5.60 Å². The summed E-state index contributed by atoms with van der Waals surface area (Å²) in [6.45, 7) is 0. The largest absolute Gasteiger partial charge is 0.376 e. The molecule has 0 radical (unpaired) electrons. The molecule has 0 fully saturated rings. The molecule has 6 rings (SSSR count). The SMILES string of the molecule is OC1(c2ccccc2-c2ccccc2)c2cc(Cl)ccc2-c2cc3ccccc3cc21. The van der Waals surface area contributed by atoms with Crippen molar-refractivity contribution in [2.75, 3.05) is 0 Å². The third kappa shape index (κ3) is 2.68. The lowest BCUT2D eigenvalue weighted by molar-refractivity contribution is 0.131. The van der Waals surface area contributed by atoms with Crippen LogP contribution >= 0.6 is 11.6 Å². The minimum absolute atomic E-state index is 0.617. The molecule has 2 heteroatoms. The van der Waals surface area contributed by atoms with Crippen molar-refractivity contribution in [1.29, 1.82) is 0 Å². The molecule has 1 aliphatic carbocycles. The van der Waals surface area contributed by atoms with Crippen LogP contribution in [-0.4, -0.2) is 5.11 Å². The van der Waals surface area contributed by atoms with Crippen LogP contribution < -0.4 is 0 Å². The summed E-state index contributed by atoms with van der Waals surface area (Å²) in [4.78, 5) is 0. The van der Waals surface area contributed by atoms with Crippen molar-refractivity contribution in [1.82, 2.24) is 0 Å². The molecule has 1 nitrogen and oxygen atoms in total. The fourth-order valence-electron chi connectivity index (χ4n) is 4.92. The van der Waals surface area contributed by atoms with Gasteiger partial charge in [-0.1, -0.05) is 96.5 Å². The minimum atomic E-state index is -1.30. The lowest BCUT2D eigenvalue weighted by Gasteiger charge is -2.29. The maximum atomic E-state index is 12.5. The van der Waals surface area contributed by atoms with Gasteiger partial charge in [-0.3, -0.25) is 0 Å². The van der Waals surface area contributed by atoms with Crippen LogP contribution in [0.15, 0.2) is 109 Å². The van der Waals surface area contributed by atoms with Gasteiger partial charge in [-0.05, 0) is 57.3 Å². The van der Waals surface area contributed by atoms with E-state index in [1.165, 1.54) is 0 Å². The first kappa shape index (κ1) is 18.4. The number of hydrogen-bond acceptors (Lipinski definition) is 1. The molecule has 0 spiro atoms. The molecule has 5 aromatic rings. The van der Waals surface area contributed by atoms with Crippen molar-refractivity contribution < 1.29 is 5.11 Å². The van der Waals surface area contributed by atoms with Crippen molar-refractivity contribution in [3.05, 3.63) is 131 Å². The van der Waals surface area contributed by atoms with Crippen LogP contribution in [0, 0.1) is 0 Å². The van der Waals surface area contributed by atoms with Gasteiger partial charge in [0.1, 0.15) is 5.60 Å². The first-order valence-corrected chi connectivity index (χ1v) is 10.7. The second kappa shape index (κ2) is 6.81. The Morgan fingerprint density at radius 3 is 1.97 bits per heavy atom. The molecule has 0 aliphatic heterocycles. The smallest absolute Gasteiger partial charge is 0.142 e. The van der Waals surface area contributed by atoms with Gasteiger partial charge in [-0.2, -0.15) is 0 Å². The Morgan fingerprint density at radius 1 is 0.516 bits per heavy atom. The van der Waals surface area contributed by atoms with Gasteiger partial charge in [0, 0.05) is 21.7 Å². The van der Waals surface area contributed by atoms with E-state index >= 15 is 0 Å². The molecular weight excluding hydrogens is 400 g/mol. The van der Waals surface area contributed by atoms with Crippen molar-refractivity contribution >= 4 is 22.4 Å². The van der Waals surface area contributed by atoms with Gasteiger partial charge in [0.15, 0.2) is 0 Å². The molecule has 148 valence electrons. The molecule has 0 saturated heterocycles. The Bertz CT molecular complexity index is 1450. The Kier molecular flexibility index (Phi) is 4.04. The summed E-state index contributed by atoms with van der Waals surface area (Å²) in [5, 5.41) is 15.4. The van der Waals surface area contributed by atoms with E-state index in [4.69, 9.17) is 11.6 Å². The molecule has 1 atom stereocenters. The van der Waals surface area contributed by atoms with Crippen LogP contribution in [0.2, 0.25) is 5.02 Å². The van der Waals surface area contributed by atoms with Crippen molar-refractivity contribution in [3.63, 3.8) is 0 Å². The monoisotopic (exact) mass is 418 g/mol. The summed E-state index contributed by atoms with van der Waals surface area (Å²) in [6, 6.07) is 36.7. The predicted molar refractivity (Wildman–Crippen MR) is 128 cm³/mol. The quantitative estimate of drug-likeness (QED) is 0.316. The van der Waals surface area contributed by atoms with E-state index in [1.54, 1.807) is 0 Å². The third-order valence-corrected chi connectivity index (χ3v) is 6.57. The third-order valence-electron chi connectivity index (χ3n) is 6.34. The van der Waals surface area contributed by atoms with E-state index in [0.717, 1.165) is 49.7 Å². The average Bonchev–Trinajstić information content (AvgIpc) is 3.06. The molecule has 1 aliphatic rings. The van der Waals surface area contributed by atoms with Gasteiger partial charge < -0.3 is 5.11 Å². The van der Waals surface area contributed by atoms with Gasteiger partial charge in [-0.25, -0.2) is 0 Å². The lowest BCUT2D eigenvalue weighted by atomic mass is 9.80. The maximum Gasteiger partial charge on any atom is 0.142 e. The zero-order chi connectivity index (χ0) is 21.0. The second-order valence-electron chi connectivity index (χ2n) is 8.06. The number of hydrogen-bond donors (Lipinski definition) is 1. The molecule has 0 bridgehead atoms. The summed E-state index contributed by atoms with van der Waals surface area (Å²) in [6.07, 6.45) is 0. The number of rotatable bonds is 2. The number of fused-ring (bicyclic) bond motifs is 4. The van der Waals surface area contributed by atoms with Crippen LogP contribution in [0.25, 0.3) is 33.0 Å². The van der Waals surface area contributed by atoms with E-state index in [1.807, 2.05) is 66.7 Å². The molecule has 0 aromatic heterocycles. The predicted octanol–water partition coefficient (Wildman–Crippen LogP) is 7.42. The van der Waals surface area contributed by atoms with Crippen LogP contribution in [0.5, 0.6) is 0 Å². The van der Waals surface area contributed by atoms with E-state index in [-0.39, 0.29) is 0 Å². The second-order valence-corrected chi connectivity index (χ2v) is 8.49. The Balaban J connectivity index is 1.72. The molecule has 1 unspecified atom stereocenters.